The molecule has 0 spiro atoms. The Morgan fingerprint density at radius 2 is 2.12 bits per heavy atom. The second-order valence-electron chi connectivity index (χ2n) is 6.07. The zero-order valence-electron chi connectivity index (χ0n) is 15.2. The molecule has 5 nitrogen and oxygen atoms in total. The fourth-order valence-corrected chi connectivity index (χ4v) is 2.80. The highest BCUT2D eigenvalue weighted by atomic mass is 127. The van der Waals surface area contributed by atoms with Gasteiger partial charge in [0.25, 0.3) is 0 Å². The fourth-order valence-electron chi connectivity index (χ4n) is 2.80. The van der Waals surface area contributed by atoms with Crippen LogP contribution in [0.3, 0.4) is 0 Å². The van der Waals surface area contributed by atoms with Crippen LogP contribution < -0.4 is 10.1 Å². The van der Waals surface area contributed by atoms with E-state index in [1.54, 1.807) is 19.2 Å². The van der Waals surface area contributed by atoms with Gasteiger partial charge in [-0.3, -0.25) is 4.99 Å². The Morgan fingerprint density at radius 1 is 1.40 bits per heavy atom. The SMILES string of the molecule is CCOCC1CCN(C(=NC)NCC(C)Oc2ccc(F)cc2)C1.I. The van der Waals surface area contributed by atoms with Crippen LogP contribution in [-0.4, -0.2) is 56.9 Å². The summed E-state index contributed by atoms with van der Waals surface area (Å²) in [6, 6.07) is 6.08. The van der Waals surface area contributed by atoms with Crippen molar-refractivity contribution in [2.75, 3.05) is 39.9 Å². The maximum absolute atomic E-state index is 12.9. The predicted molar refractivity (Wildman–Crippen MR) is 109 cm³/mol. The van der Waals surface area contributed by atoms with E-state index >= 15 is 0 Å². The highest BCUT2D eigenvalue weighted by molar-refractivity contribution is 14.0. The number of hydrogen-bond acceptors (Lipinski definition) is 3. The van der Waals surface area contributed by atoms with Gasteiger partial charge in [0.1, 0.15) is 17.7 Å². The summed E-state index contributed by atoms with van der Waals surface area (Å²) in [7, 11) is 1.80. The van der Waals surface area contributed by atoms with Gasteiger partial charge in [-0.25, -0.2) is 4.39 Å². The number of benzene rings is 1. The zero-order valence-corrected chi connectivity index (χ0v) is 17.5. The standard InChI is InChI=1S/C18H28FN3O2.HI/c1-4-23-13-15-9-10-22(12-15)18(20-3)21-11-14(2)24-17-7-5-16(19)6-8-17;/h5-8,14-15H,4,9-13H2,1-3H3,(H,20,21);1H. The maximum atomic E-state index is 12.9. The minimum absolute atomic E-state index is 0. The third kappa shape index (κ3) is 7.35. The van der Waals surface area contributed by atoms with Crippen LogP contribution in [0.15, 0.2) is 29.3 Å². The number of rotatable bonds is 7. The molecule has 1 fully saturated rings. The van der Waals surface area contributed by atoms with Gasteiger partial charge in [-0.1, -0.05) is 0 Å². The van der Waals surface area contributed by atoms with E-state index in [1.165, 1.54) is 12.1 Å². The molecular weight excluding hydrogens is 436 g/mol. The van der Waals surface area contributed by atoms with Crippen molar-refractivity contribution in [2.24, 2.45) is 10.9 Å². The molecule has 1 saturated heterocycles. The van der Waals surface area contributed by atoms with Gasteiger partial charge in [0, 0.05) is 32.7 Å². The molecule has 142 valence electrons. The van der Waals surface area contributed by atoms with Crippen LogP contribution in [0, 0.1) is 11.7 Å². The van der Waals surface area contributed by atoms with Crippen molar-refractivity contribution in [3.8, 4) is 5.75 Å². The first-order chi connectivity index (χ1) is 11.6. The molecule has 0 aromatic heterocycles. The van der Waals surface area contributed by atoms with Crippen molar-refractivity contribution in [2.45, 2.75) is 26.4 Å². The van der Waals surface area contributed by atoms with Crippen molar-refractivity contribution in [1.82, 2.24) is 10.2 Å². The molecule has 1 aromatic carbocycles. The average molecular weight is 465 g/mol. The Morgan fingerprint density at radius 3 is 2.76 bits per heavy atom. The fraction of sp³-hybridized carbons (Fsp3) is 0.611. The monoisotopic (exact) mass is 465 g/mol. The molecule has 2 atom stereocenters. The molecule has 7 heteroatoms. The van der Waals surface area contributed by atoms with E-state index in [2.05, 4.69) is 15.2 Å². The first-order valence-corrected chi connectivity index (χ1v) is 8.58. The highest BCUT2D eigenvalue weighted by Crippen LogP contribution is 2.17. The number of aliphatic imine (C=N–C) groups is 1. The van der Waals surface area contributed by atoms with Crippen LogP contribution >= 0.6 is 24.0 Å². The smallest absolute Gasteiger partial charge is 0.193 e. The van der Waals surface area contributed by atoms with Crippen molar-refractivity contribution >= 4 is 29.9 Å². The van der Waals surface area contributed by atoms with E-state index in [1.807, 2.05) is 13.8 Å². The lowest BCUT2D eigenvalue weighted by molar-refractivity contribution is 0.114. The Balaban J connectivity index is 0.00000312. The summed E-state index contributed by atoms with van der Waals surface area (Å²) < 4.78 is 24.2. The molecule has 2 rings (SSSR count). The lowest BCUT2D eigenvalue weighted by Crippen LogP contribution is -2.43. The quantitative estimate of drug-likeness (QED) is 0.382. The molecule has 25 heavy (non-hydrogen) atoms. The molecule has 0 radical (unpaired) electrons. The first kappa shape index (κ1) is 22.0. The number of hydrogen-bond donors (Lipinski definition) is 1. The highest BCUT2D eigenvalue weighted by Gasteiger charge is 2.25. The van der Waals surface area contributed by atoms with Crippen LogP contribution in [0.1, 0.15) is 20.3 Å². The number of guanidine groups is 1. The van der Waals surface area contributed by atoms with Crippen LogP contribution in [0.25, 0.3) is 0 Å². The minimum Gasteiger partial charge on any atom is -0.489 e. The molecule has 1 aliphatic rings. The molecule has 0 saturated carbocycles. The average Bonchev–Trinajstić information content (AvgIpc) is 3.04. The zero-order chi connectivity index (χ0) is 17.4. The van der Waals surface area contributed by atoms with Gasteiger partial charge in [0.05, 0.1) is 13.2 Å². The topological polar surface area (TPSA) is 46.1 Å². The van der Waals surface area contributed by atoms with Crippen LogP contribution in [0.5, 0.6) is 5.75 Å². The molecule has 1 N–H and O–H groups in total. The first-order valence-electron chi connectivity index (χ1n) is 8.58. The summed E-state index contributed by atoms with van der Waals surface area (Å²) in [5.74, 6) is 1.86. The molecule has 2 unspecified atom stereocenters. The van der Waals surface area contributed by atoms with Gasteiger partial charge in [0.15, 0.2) is 5.96 Å². The number of halogens is 2. The summed E-state index contributed by atoms with van der Waals surface area (Å²) in [6.45, 7) is 8.17. The molecule has 1 heterocycles. The largest absolute Gasteiger partial charge is 0.489 e. The number of nitrogens with one attached hydrogen (secondary N) is 1. The molecule has 0 amide bonds. The molecule has 0 aliphatic carbocycles. The second kappa shape index (κ2) is 11.5. The summed E-state index contributed by atoms with van der Waals surface area (Å²) in [6.07, 6.45) is 1.08. The van der Waals surface area contributed by atoms with Crippen molar-refractivity contribution < 1.29 is 13.9 Å². The van der Waals surface area contributed by atoms with Crippen LogP contribution in [0.2, 0.25) is 0 Å². The van der Waals surface area contributed by atoms with E-state index in [9.17, 15) is 4.39 Å². The summed E-state index contributed by atoms with van der Waals surface area (Å²) >= 11 is 0. The Labute approximate surface area is 167 Å². The number of nitrogens with zero attached hydrogens (tertiary/aromatic N) is 2. The minimum atomic E-state index is -0.260. The van der Waals surface area contributed by atoms with Gasteiger partial charge >= 0.3 is 0 Å². The summed E-state index contributed by atoms with van der Waals surface area (Å²) in [5.41, 5.74) is 0. The number of likely N-dealkylation sites (tertiary alicyclic amines) is 1. The lowest BCUT2D eigenvalue weighted by atomic mass is 10.1. The summed E-state index contributed by atoms with van der Waals surface area (Å²) in [4.78, 5) is 6.62. The Bertz CT molecular complexity index is 528. The van der Waals surface area contributed by atoms with E-state index < -0.39 is 0 Å². The van der Waals surface area contributed by atoms with Gasteiger partial charge in [0.2, 0.25) is 0 Å². The Hall–Kier alpha value is -1.09. The molecule has 0 bridgehead atoms. The van der Waals surface area contributed by atoms with E-state index in [0.29, 0.717) is 18.2 Å². The maximum Gasteiger partial charge on any atom is 0.193 e. The molecule has 1 aliphatic heterocycles. The van der Waals surface area contributed by atoms with Gasteiger partial charge in [-0.2, -0.15) is 0 Å². The molecular formula is C18H29FIN3O2. The normalized spacial score (nSPS) is 18.6. The third-order valence-corrected chi connectivity index (χ3v) is 4.05. The third-order valence-electron chi connectivity index (χ3n) is 4.05. The van der Waals surface area contributed by atoms with E-state index in [4.69, 9.17) is 9.47 Å². The molecule has 1 aromatic rings. The van der Waals surface area contributed by atoms with Crippen LogP contribution in [0.4, 0.5) is 4.39 Å². The van der Waals surface area contributed by atoms with Crippen molar-refractivity contribution in [3.05, 3.63) is 30.1 Å². The van der Waals surface area contributed by atoms with E-state index in [0.717, 1.165) is 38.7 Å². The van der Waals surface area contributed by atoms with Gasteiger partial charge < -0.3 is 19.7 Å². The number of ether oxygens (including phenoxy) is 2. The second-order valence-corrected chi connectivity index (χ2v) is 6.07. The predicted octanol–water partition coefficient (Wildman–Crippen LogP) is 3.14. The Kier molecular flexibility index (Phi) is 10.1. The summed E-state index contributed by atoms with van der Waals surface area (Å²) in [5, 5.41) is 3.36. The lowest BCUT2D eigenvalue weighted by Gasteiger charge is -2.23. The van der Waals surface area contributed by atoms with Gasteiger partial charge in [-0.05, 0) is 44.5 Å². The van der Waals surface area contributed by atoms with Crippen molar-refractivity contribution in [3.63, 3.8) is 0 Å². The van der Waals surface area contributed by atoms with Crippen molar-refractivity contribution in [1.29, 1.82) is 0 Å². The van der Waals surface area contributed by atoms with Crippen LogP contribution in [-0.2, 0) is 4.74 Å². The van der Waals surface area contributed by atoms with E-state index in [-0.39, 0.29) is 35.9 Å². The van der Waals surface area contributed by atoms with Gasteiger partial charge in [-0.15, -0.1) is 24.0 Å².